The third-order valence-corrected chi connectivity index (χ3v) is 6.17. The third kappa shape index (κ3) is 4.05. The molecule has 2 aliphatic rings. The molecule has 2 atom stereocenters. The van der Waals surface area contributed by atoms with Crippen molar-refractivity contribution in [1.82, 2.24) is 20.4 Å². The van der Waals surface area contributed by atoms with Gasteiger partial charge in [-0.3, -0.25) is 14.7 Å². The van der Waals surface area contributed by atoms with Gasteiger partial charge in [-0.05, 0) is 45.2 Å². The summed E-state index contributed by atoms with van der Waals surface area (Å²) in [7, 11) is 0. The zero-order chi connectivity index (χ0) is 20.5. The first-order valence-corrected chi connectivity index (χ1v) is 10.1. The van der Waals surface area contributed by atoms with Crippen molar-refractivity contribution in [2.24, 2.45) is 0 Å². The molecule has 2 N–H and O–H groups in total. The number of piperidine rings is 1. The van der Waals surface area contributed by atoms with Crippen LogP contribution in [0.15, 0.2) is 35.0 Å². The van der Waals surface area contributed by atoms with Gasteiger partial charge in [-0.15, -0.1) is 0 Å². The van der Waals surface area contributed by atoms with Crippen LogP contribution < -0.4 is 5.32 Å². The van der Waals surface area contributed by atoms with Crippen LogP contribution in [0.5, 0.6) is 0 Å². The summed E-state index contributed by atoms with van der Waals surface area (Å²) in [4.78, 5) is 19.0. The fraction of sp³-hybridized carbons (Fsp3) is 0.571. The molecule has 2 aliphatic heterocycles. The minimum atomic E-state index is -0.800. The molecule has 0 aromatic carbocycles. The standard InChI is InChI=1S/C21H28N4O4/c1-15-13-16(29-24-15)14-25-10-6-21(7-11-25)19(27)20(2,8-12-28-21)23-18(26)17-5-3-4-9-22-17/h3-5,9,13,19,27H,6-8,10-12,14H2,1-2H3,(H,23,26)/t19-,20+/m1/s1. The Morgan fingerprint density at radius 3 is 2.79 bits per heavy atom. The van der Waals surface area contributed by atoms with Gasteiger partial charge in [0.05, 0.1) is 23.4 Å². The highest BCUT2D eigenvalue weighted by molar-refractivity contribution is 5.92. The first-order chi connectivity index (χ1) is 13.9. The zero-order valence-corrected chi connectivity index (χ0v) is 16.9. The molecule has 8 nitrogen and oxygen atoms in total. The summed E-state index contributed by atoms with van der Waals surface area (Å²) < 4.78 is 11.4. The van der Waals surface area contributed by atoms with Crippen LogP contribution in [0, 0.1) is 6.92 Å². The second-order valence-corrected chi connectivity index (χ2v) is 8.36. The lowest BCUT2D eigenvalue weighted by molar-refractivity contribution is -0.206. The summed E-state index contributed by atoms with van der Waals surface area (Å²) in [5.41, 5.74) is -0.201. The number of rotatable bonds is 4. The lowest BCUT2D eigenvalue weighted by Gasteiger charge is -2.53. The number of ether oxygens (including phenoxy) is 1. The van der Waals surface area contributed by atoms with Gasteiger partial charge in [0.15, 0.2) is 5.76 Å². The quantitative estimate of drug-likeness (QED) is 0.805. The van der Waals surface area contributed by atoms with Crippen LogP contribution in [0.4, 0.5) is 0 Å². The van der Waals surface area contributed by atoms with Gasteiger partial charge in [0.25, 0.3) is 5.91 Å². The summed E-state index contributed by atoms with van der Waals surface area (Å²) in [6.45, 7) is 6.55. The first-order valence-electron chi connectivity index (χ1n) is 10.1. The number of nitrogens with zero attached hydrogens (tertiary/aromatic N) is 3. The Bertz CT molecular complexity index is 847. The summed E-state index contributed by atoms with van der Waals surface area (Å²) in [5, 5.41) is 18.2. The summed E-state index contributed by atoms with van der Waals surface area (Å²) >= 11 is 0. The van der Waals surface area contributed by atoms with E-state index in [2.05, 4.69) is 20.4 Å². The fourth-order valence-corrected chi connectivity index (χ4v) is 4.43. The Labute approximate surface area is 170 Å². The van der Waals surface area contributed by atoms with Gasteiger partial charge in [-0.1, -0.05) is 11.2 Å². The molecule has 2 saturated heterocycles. The van der Waals surface area contributed by atoms with Gasteiger partial charge in [0.1, 0.15) is 11.8 Å². The number of pyridine rings is 1. The van der Waals surface area contributed by atoms with Crippen molar-refractivity contribution in [2.75, 3.05) is 19.7 Å². The van der Waals surface area contributed by atoms with Crippen molar-refractivity contribution in [3.8, 4) is 0 Å². The molecule has 0 bridgehead atoms. The average Bonchev–Trinajstić information content (AvgIpc) is 3.13. The third-order valence-electron chi connectivity index (χ3n) is 6.17. The second kappa shape index (κ2) is 7.85. The number of aliphatic hydroxyl groups is 1. The van der Waals surface area contributed by atoms with Crippen LogP contribution in [0.3, 0.4) is 0 Å². The molecule has 29 heavy (non-hydrogen) atoms. The summed E-state index contributed by atoms with van der Waals surface area (Å²) in [6.07, 6.45) is 2.72. The van der Waals surface area contributed by atoms with Crippen LogP contribution in [-0.4, -0.2) is 63.0 Å². The van der Waals surface area contributed by atoms with E-state index in [9.17, 15) is 9.90 Å². The van der Waals surface area contributed by atoms with E-state index >= 15 is 0 Å². The Morgan fingerprint density at radius 2 is 2.14 bits per heavy atom. The normalized spacial score (nSPS) is 27.1. The van der Waals surface area contributed by atoms with E-state index in [0.717, 1.165) is 24.5 Å². The van der Waals surface area contributed by atoms with Crippen LogP contribution >= 0.6 is 0 Å². The molecular weight excluding hydrogens is 372 g/mol. The molecule has 1 spiro atoms. The predicted octanol–water partition coefficient (Wildman–Crippen LogP) is 1.68. The number of hydrogen-bond donors (Lipinski definition) is 2. The highest BCUT2D eigenvalue weighted by Gasteiger charge is 2.53. The van der Waals surface area contributed by atoms with Crippen molar-refractivity contribution in [2.45, 2.75) is 56.9 Å². The van der Waals surface area contributed by atoms with E-state index in [1.807, 2.05) is 19.9 Å². The highest BCUT2D eigenvalue weighted by atomic mass is 16.5. The molecule has 0 radical (unpaired) electrons. The Hall–Kier alpha value is -2.29. The highest BCUT2D eigenvalue weighted by Crippen LogP contribution is 2.40. The van der Waals surface area contributed by atoms with Crippen LogP contribution in [0.25, 0.3) is 0 Å². The average molecular weight is 400 g/mol. The van der Waals surface area contributed by atoms with E-state index < -0.39 is 17.2 Å². The molecule has 4 rings (SSSR count). The monoisotopic (exact) mass is 400 g/mol. The van der Waals surface area contributed by atoms with Gasteiger partial charge < -0.3 is 19.7 Å². The predicted molar refractivity (Wildman–Crippen MR) is 105 cm³/mol. The van der Waals surface area contributed by atoms with Gasteiger partial charge in [-0.2, -0.15) is 0 Å². The molecule has 0 saturated carbocycles. The zero-order valence-electron chi connectivity index (χ0n) is 16.9. The van der Waals surface area contributed by atoms with Crippen molar-refractivity contribution in [3.05, 3.63) is 47.6 Å². The van der Waals surface area contributed by atoms with Gasteiger partial charge in [0, 0.05) is 32.0 Å². The molecule has 8 heteroatoms. The topological polar surface area (TPSA) is 101 Å². The van der Waals surface area contributed by atoms with Gasteiger partial charge in [-0.25, -0.2) is 0 Å². The largest absolute Gasteiger partial charge is 0.388 e. The maximum atomic E-state index is 12.6. The van der Waals surface area contributed by atoms with Crippen LogP contribution in [0.1, 0.15) is 48.1 Å². The maximum Gasteiger partial charge on any atom is 0.270 e. The molecule has 2 fully saturated rings. The van der Waals surface area contributed by atoms with E-state index in [-0.39, 0.29) is 5.91 Å². The maximum absolute atomic E-state index is 12.6. The Kier molecular flexibility index (Phi) is 5.42. The number of amides is 1. The molecule has 0 unspecified atom stereocenters. The molecular formula is C21H28N4O4. The van der Waals surface area contributed by atoms with E-state index in [1.165, 1.54) is 0 Å². The number of hydrogen-bond acceptors (Lipinski definition) is 7. The minimum absolute atomic E-state index is 0.276. The van der Waals surface area contributed by atoms with Gasteiger partial charge >= 0.3 is 0 Å². The van der Waals surface area contributed by atoms with Crippen molar-refractivity contribution in [3.63, 3.8) is 0 Å². The molecule has 0 aliphatic carbocycles. The number of carbonyl (C=O) groups is 1. The summed E-state index contributed by atoms with van der Waals surface area (Å²) in [5.74, 6) is 0.568. The Morgan fingerprint density at radius 1 is 1.34 bits per heavy atom. The van der Waals surface area contributed by atoms with Crippen molar-refractivity contribution < 1.29 is 19.2 Å². The first kappa shape index (κ1) is 20.0. The van der Waals surface area contributed by atoms with E-state index in [4.69, 9.17) is 9.26 Å². The van der Waals surface area contributed by atoms with E-state index in [1.54, 1.807) is 24.4 Å². The Balaban J connectivity index is 1.41. The lowest BCUT2D eigenvalue weighted by atomic mass is 9.73. The number of aliphatic hydroxyl groups excluding tert-OH is 1. The number of aromatic nitrogens is 2. The SMILES string of the molecule is Cc1cc(CN2CCC3(CC2)OCC[C@](C)(NC(=O)c2ccccn2)[C@H]3O)on1. The molecule has 2 aromatic heterocycles. The number of likely N-dealkylation sites (tertiary alicyclic amines) is 1. The van der Waals surface area contributed by atoms with Crippen LogP contribution in [-0.2, 0) is 11.3 Å². The van der Waals surface area contributed by atoms with Gasteiger partial charge in [0.2, 0.25) is 0 Å². The molecule has 2 aromatic rings. The number of aryl methyl sites for hydroxylation is 1. The number of carbonyl (C=O) groups excluding carboxylic acids is 1. The van der Waals surface area contributed by atoms with Crippen LogP contribution in [0.2, 0.25) is 0 Å². The smallest absolute Gasteiger partial charge is 0.270 e. The van der Waals surface area contributed by atoms with Crippen molar-refractivity contribution in [1.29, 1.82) is 0 Å². The number of nitrogens with one attached hydrogen (secondary N) is 1. The molecule has 4 heterocycles. The minimum Gasteiger partial charge on any atom is -0.388 e. The van der Waals surface area contributed by atoms with E-state index in [0.29, 0.717) is 38.1 Å². The second-order valence-electron chi connectivity index (χ2n) is 8.36. The fourth-order valence-electron chi connectivity index (χ4n) is 4.43. The lowest BCUT2D eigenvalue weighted by Crippen LogP contribution is -2.69. The summed E-state index contributed by atoms with van der Waals surface area (Å²) in [6, 6.07) is 7.16. The molecule has 156 valence electrons. The molecule has 1 amide bonds. The van der Waals surface area contributed by atoms with Crippen molar-refractivity contribution >= 4 is 5.91 Å².